The van der Waals surface area contributed by atoms with Gasteiger partial charge in [0.25, 0.3) is 0 Å². The molecule has 0 aliphatic carbocycles. The Morgan fingerprint density at radius 1 is 0.870 bits per heavy atom. The monoisotopic (exact) mass is 773 g/mol. The highest BCUT2D eigenvalue weighted by molar-refractivity contribution is 7.89. The van der Waals surface area contributed by atoms with Crippen LogP contribution < -0.4 is 14.5 Å². The second-order valence-electron chi connectivity index (χ2n) is 16.2. The summed E-state index contributed by atoms with van der Waals surface area (Å²) >= 11 is 0. The number of aryl methyl sites for hydroxylation is 1. The zero-order chi connectivity index (χ0) is 39.9. The van der Waals surface area contributed by atoms with Crippen LogP contribution in [0, 0.1) is 6.92 Å². The van der Waals surface area contributed by atoms with E-state index in [1.807, 2.05) is 60.6 Å². The molecule has 54 heavy (non-hydrogen) atoms. The number of sulfonamides is 1. The molecule has 0 aliphatic rings. The van der Waals surface area contributed by atoms with Crippen LogP contribution in [0.25, 0.3) is 5.65 Å². The lowest BCUT2D eigenvalue weighted by atomic mass is 10.0. The molecule has 0 aliphatic heterocycles. The van der Waals surface area contributed by atoms with Crippen LogP contribution in [0.2, 0.25) is 0 Å². The first kappa shape index (κ1) is 45.2. The number of anilines is 3. The molecule has 0 radical (unpaired) electrons. The summed E-state index contributed by atoms with van der Waals surface area (Å²) in [6, 6.07) is 3.83. The molecule has 1 amide bonds. The predicted molar refractivity (Wildman–Crippen MR) is 223 cm³/mol. The van der Waals surface area contributed by atoms with Gasteiger partial charge in [0, 0.05) is 25.6 Å². The van der Waals surface area contributed by atoms with Crippen molar-refractivity contribution in [2.45, 2.75) is 177 Å². The number of pyridine rings is 1. The Kier molecular flexibility index (Phi) is 18.2. The summed E-state index contributed by atoms with van der Waals surface area (Å²) in [6.45, 7) is 21.6. The quantitative estimate of drug-likeness (QED) is 0.0812. The van der Waals surface area contributed by atoms with Crippen molar-refractivity contribution in [1.82, 2.24) is 29.5 Å². The van der Waals surface area contributed by atoms with E-state index in [1.54, 1.807) is 9.42 Å². The molecule has 0 fully saturated rings. The summed E-state index contributed by atoms with van der Waals surface area (Å²) in [6.07, 6.45) is 16.6. The van der Waals surface area contributed by atoms with E-state index >= 15 is 0 Å². The van der Waals surface area contributed by atoms with Gasteiger partial charge in [-0.1, -0.05) is 111 Å². The summed E-state index contributed by atoms with van der Waals surface area (Å²) in [5.41, 5.74) is 2.25. The maximum absolute atomic E-state index is 14.1. The van der Waals surface area contributed by atoms with Gasteiger partial charge in [0.05, 0.1) is 22.8 Å². The number of nitrogens with zero attached hydrogens (tertiary/aromatic N) is 6. The molecule has 1 atom stereocenters. The maximum Gasteiger partial charge on any atom is 0.419 e. The lowest BCUT2D eigenvalue weighted by molar-refractivity contribution is 0.0598. The standard InChI is InChI=1S/C41H72N8O4S/c1-11-14-15-16-17-18-19-20-21-22-23-24-25-26-29-54(51,52)42-30-32(6)38-44-45-39-37(36(31(4)5)46-49(38)39)48(40(50)53-41(8,9)10)34-27-28-35(43-33(34)7)47(12-2)13-3/h27-28,31-32,42,46H,11-26,29-30H2,1-10H3. The van der Waals surface area contributed by atoms with Crippen LogP contribution in [0.3, 0.4) is 0 Å². The molecule has 0 saturated heterocycles. The maximum atomic E-state index is 14.1. The molecular weight excluding hydrogens is 701 g/mol. The number of carbonyl (C=O) groups excluding carboxylic acids is 1. The fourth-order valence-electron chi connectivity index (χ4n) is 6.82. The number of amides is 1. The number of aromatic nitrogens is 5. The third-order valence-corrected chi connectivity index (χ3v) is 11.4. The van der Waals surface area contributed by atoms with E-state index in [2.05, 4.69) is 45.7 Å². The minimum Gasteiger partial charge on any atom is -0.443 e. The van der Waals surface area contributed by atoms with E-state index in [-0.39, 0.29) is 24.1 Å². The molecule has 3 rings (SSSR count). The molecule has 3 aromatic heterocycles. The molecule has 1 unspecified atom stereocenters. The Morgan fingerprint density at radius 3 is 1.93 bits per heavy atom. The van der Waals surface area contributed by atoms with Gasteiger partial charge in [0.15, 0.2) is 5.82 Å². The summed E-state index contributed by atoms with van der Waals surface area (Å²) < 4.78 is 36.5. The van der Waals surface area contributed by atoms with Crippen LogP contribution in [0.15, 0.2) is 12.1 Å². The normalized spacial score (nSPS) is 12.9. The van der Waals surface area contributed by atoms with Gasteiger partial charge in [0.2, 0.25) is 15.7 Å². The van der Waals surface area contributed by atoms with E-state index in [1.165, 1.54) is 70.6 Å². The van der Waals surface area contributed by atoms with Gasteiger partial charge in [-0.15, -0.1) is 10.2 Å². The van der Waals surface area contributed by atoms with Gasteiger partial charge in [-0.3, -0.25) is 5.10 Å². The number of carbonyl (C=O) groups is 1. The molecule has 0 spiro atoms. The first-order valence-corrected chi connectivity index (χ1v) is 22.5. The van der Waals surface area contributed by atoms with E-state index in [4.69, 9.17) is 9.72 Å². The van der Waals surface area contributed by atoms with Crippen molar-refractivity contribution in [1.29, 1.82) is 0 Å². The fourth-order valence-corrected chi connectivity index (χ4v) is 8.05. The zero-order valence-corrected chi connectivity index (χ0v) is 36.1. The lowest BCUT2D eigenvalue weighted by Gasteiger charge is -2.29. The van der Waals surface area contributed by atoms with E-state index in [9.17, 15) is 13.2 Å². The first-order chi connectivity index (χ1) is 25.6. The van der Waals surface area contributed by atoms with Crippen LogP contribution in [-0.4, -0.2) is 70.3 Å². The molecule has 3 heterocycles. The van der Waals surface area contributed by atoms with Crippen molar-refractivity contribution in [2.24, 2.45) is 0 Å². The van der Waals surface area contributed by atoms with Crippen molar-refractivity contribution in [3.05, 3.63) is 29.3 Å². The van der Waals surface area contributed by atoms with Crippen LogP contribution in [0.4, 0.5) is 22.0 Å². The molecule has 3 aromatic rings. The number of ether oxygens (including phenoxy) is 1. The third kappa shape index (κ3) is 13.5. The van der Waals surface area contributed by atoms with E-state index < -0.39 is 21.7 Å². The van der Waals surface area contributed by atoms with Crippen molar-refractivity contribution in [3.8, 4) is 0 Å². The molecule has 0 bridgehead atoms. The average molecular weight is 773 g/mol. The molecule has 13 heteroatoms. The smallest absolute Gasteiger partial charge is 0.419 e. The Labute approximate surface area is 326 Å². The number of rotatable bonds is 25. The predicted octanol–water partition coefficient (Wildman–Crippen LogP) is 10.3. The lowest BCUT2D eigenvalue weighted by Crippen LogP contribution is -2.35. The number of H-pyrrole nitrogens is 1. The van der Waals surface area contributed by atoms with Crippen LogP contribution in [-0.2, 0) is 14.8 Å². The van der Waals surface area contributed by atoms with Gasteiger partial charge >= 0.3 is 6.09 Å². The topological polar surface area (TPSA) is 138 Å². The fraction of sp³-hybridized carbons (Fsp3) is 0.756. The zero-order valence-electron chi connectivity index (χ0n) is 35.3. The van der Waals surface area contributed by atoms with E-state index in [0.29, 0.717) is 35.0 Å². The van der Waals surface area contributed by atoms with Gasteiger partial charge in [0.1, 0.15) is 17.1 Å². The highest BCUT2D eigenvalue weighted by atomic mass is 32.2. The number of hydrogen-bond donors (Lipinski definition) is 2. The second-order valence-corrected chi connectivity index (χ2v) is 18.1. The highest BCUT2D eigenvalue weighted by Gasteiger charge is 2.34. The van der Waals surface area contributed by atoms with Crippen LogP contribution in [0.5, 0.6) is 0 Å². The minimum absolute atomic E-state index is 0.0263. The average Bonchev–Trinajstić information content (AvgIpc) is 3.68. The summed E-state index contributed by atoms with van der Waals surface area (Å²) in [5, 5.41) is 12.5. The first-order valence-electron chi connectivity index (χ1n) is 20.8. The molecule has 0 aromatic carbocycles. The van der Waals surface area contributed by atoms with Crippen molar-refractivity contribution < 1.29 is 17.9 Å². The van der Waals surface area contributed by atoms with Crippen LogP contribution >= 0.6 is 0 Å². The van der Waals surface area contributed by atoms with Crippen LogP contribution in [0.1, 0.15) is 181 Å². The summed E-state index contributed by atoms with van der Waals surface area (Å²) in [5.74, 6) is 1.18. The highest BCUT2D eigenvalue weighted by Crippen LogP contribution is 2.39. The van der Waals surface area contributed by atoms with Crippen molar-refractivity contribution in [3.63, 3.8) is 0 Å². The molecule has 0 saturated carbocycles. The number of aromatic amines is 1. The second kappa shape index (κ2) is 21.8. The Morgan fingerprint density at radius 2 is 1.43 bits per heavy atom. The summed E-state index contributed by atoms with van der Waals surface area (Å²) in [4.78, 5) is 22.7. The SMILES string of the molecule is CCCCCCCCCCCCCCCCS(=O)(=O)NCC(C)c1nnc2c(N(C(=O)OC(C)(C)C)c3ccc(N(CC)CC)nc3C)c(C(C)C)[nH]n12. The molecule has 12 nitrogen and oxygen atoms in total. The van der Waals surface area contributed by atoms with Crippen molar-refractivity contribution >= 4 is 39.0 Å². The molecular formula is C41H72N8O4S. The largest absolute Gasteiger partial charge is 0.443 e. The molecule has 306 valence electrons. The Bertz CT molecular complexity index is 1670. The number of nitrogens with one attached hydrogen (secondary N) is 2. The van der Waals surface area contributed by atoms with Gasteiger partial charge < -0.3 is 9.64 Å². The Balaban J connectivity index is 1.67. The van der Waals surface area contributed by atoms with Gasteiger partial charge in [-0.25, -0.2) is 32.3 Å². The third-order valence-electron chi connectivity index (χ3n) is 9.95. The molecule has 2 N–H and O–H groups in total. The van der Waals surface area contributed by atoms with Gasteiger partial charge in [-0.05, 0) is 66.0 Å². The summed E-state index contributed by atoms with van der Waals surface area (Å²) in [7, 11) is -3.45. The number of unbranched alkanes of at least 4 members (excludes halogenated alkanes) is 13. The van der Waals surface area contributed by atoms with E-state index in [0.717, 1.165) is 37.4 Å². The van der Waals surface area contributed by atoms with Crippen molar-refractivity contribution in [2.75, 3.05) is 35.2 Å². The minimum atomic E-state index is -3.45. The number of hydrogen-bond acceptors (Lipinski definition) is 8. The Hall–Kier alpha value is -3.19. The van der Waals surface area contributed by atoms with Gasteiger partial charge in [-0.2, -0.15) is 0 Å². The number of fused-ring (bicyclic) bond motifs is 1.